The Bertz CT molecular complexity index is 690. The molecule has 3 nitrogen and oxygen atoms in total. The Kier molecular flexibility index (Phi) is 4.32. The average Bonchev–Trinajstić information content (AvgIpc) is 2.96. The van der Waals surface area contributed by atoms with Crippen LogP contribution in [-0.2, 0) is 12.8 Å². The van der Waals surface area contributed by atoms with Crippen molar-refractivity contribution in [2.75, 3.05) is 13.6 Å². The number of aliphatic hydroxyl groups excluding tert-OH is 1. The molecule has 1 heterocycles. The molecule has 1 aromatic heterocycles. The minimum absolute atomic E-state index is 0.0533. The van der Waals surface area contributed by atoms with E-state index in [2.05, 4.69) is 30.3 Å². The summed E-state index contributed by atoms with van der Waals surface area (Å²) in [4.78, 5) is 16.3. The van der Waals surface area contributed by atoms with Crippen molar-refractivity contribution in [3.05, 3.63) is 46.3 Å². The first-order valence-electron chi connectivity index (χ1n) is 7.71. The number of fused-ring (bicyclic) bond motifs is 3. The van der Waals surface area contributed by atoms with Crippen LogP contribution in [0.15, 0.2) is 30.3 Å². The highest BCUT2D eigenvalue weighted by Crippen LogP contribution is 2.39. The fraction of sp³-hybridized carbons (Fsp3) is 0.389. The molecule has 1 unspecified atom stereocenters. The molecule has 0 radical (unpaired) electrons. The first kappa shape index (κ1) is 15.3. The van der Waals surface area contributed by atoms with Crippen molar-refractivity contribution in [2.24, 2.45) is 0 Å². The molecule has 2 aromatic rings. The molecule has 22 heavy (non-hydrogen) atoms. The highest BCUT2D eigenvalue weighted by Gasteiger charge is 2.22. The van der Waals surface area contributed by atoms with E-state index in [1.807, 2.05) is 0 Å². The smallest absolute Gasteiger partial charge is 0.263 e. The van der Waals surface area contributed by atoms with Crippen molar-refractivity contribution in [3.8, 4) is 10.4 Å². The predicted molar refractivity (Wildman–Crippen MR) is 90.4 cm³/mol. The molecule has 116 valence electrons. The minimum atomic E-state index is -0.376. The number of aliphatic hydroxyl groups is 1. The lowest BCUT2D eigenvalue weighted by molar-refractivity contribution is 0.0773. The van der Waals surface area contributed by atoms with Crippen LogP contribution in [0, 0.1) is 0 Å². The van der Waals surface area contributed by atoms with Gasteiger partial charge in [0.25, 0.3) is 5.91 Å². The van der Waals surface area contributed by atoms with Gasteiger partial charge in [0.05, 0.1) is 11.0 Å². The van der Waals surface area contributed by atoms with E-state index in [4.69, 9.17) is 0 Å². The van der Waals surface area contributed by atoms with Crippen LogP contribution in [0.5, 0.6) is 0 Å². The normalized spacial score (nSPS) is 14.1. The standard InChI is InChI=1S/C18H21NO2S/c1-12(20)9-10-19(2)18(21)16-11-14-8-7-13-5-3-4-6-15(13)17(14)22-16/h3-6,11-12,20H,7-10H2,1-2H3. The highest BCUT2D eigenvalue weighted by atomic mass is 32.1. The average molecular weight is 315 g/mol. The molecule has 1 aliphatic rings. The SMILES string of the molecule is CC(O)CCN(C)C(=O)c1cc2c(s1)-c1ccccc1CC2. The summed E-state index contributed by atoms with van der Waals surface area (Å²) in [7, 11) is 1.80. The first-order chi connectivity index (χ1) is 10.6. The zero-order valence-corrected chi connectivity index (χ0v) is 13.8. The topological polar surface area (TPSA) is 40.5 Å². The summed E-state index contributed by atoms with van der Waals surface area (Å²) >= 11 is 1.59. The predicted octanol–water partition coefficient (Wildman–Crippen LogP) is 3.36. The van der Waals surface area contributed by atoms with Crippen molar-refractivity contribution in [1.29, 1.82) is 0 Å². The van der Waals surface area contributed by atoms with Crippen molar-refractivity contribution >= 4 is 17.2 Å². The summed E-state index contributed by atoms with van der Waals surface area (Å²) in [5.41, 5.74) is 3.94. The van der Waals surface area contributed by atoms with E-state index in [1.165, 1.54) is 21.6 Å². The molecular weight excluding hydrogens is 294 g/mol. The molecule has 1 aliphatic carbocycles. The van der Waals surface area contributed by atoms with Crippen LogP contribution >= 0.6 is 11.3 Å². The van der Waals surface area contributed by atoms with E-state index >= 15 is 0 Å². The summed E-state index contributed by atoms with van der Waals surface area (Å²) in [6.07, 6.45) is 2.29. The van der Waals surface area contributed by atoms with E-state index < -0.39 is 0 Å². The summed E-state index contributed by atoms with van der Waals surface area (Å²) in [6, 6.07) is 10.5. The number of thiophene rings is 1. The molecule has 0 bridgehead atoms. The fourth-order valence-corrected chi connectivity index (χ4v) is 4.11. The maximum absolute atomic E-state index is 12.5. The molecule has 0 saturated heterocycles. The van der Waals surface area contributed by atoms with E-state index in [0.29, 0.717) is 13.0 Å². The van der Waals surface area contributed by atoms with Gasteiger partial charge in [-0.1, -0.05) is 24.3 Å². The van der Waals surface area contributed by atoms with Gasteiger partial charge in [-0.05, 0) is 48.9 Å². The molecule has 1 aromatic carbocycles. The molecule has 1 amide bonds. The number of hydrogen-bond donors (Lipinski definition) is 1. The minimum Gasteiger partial charge on any atom is -0.393 e. The van der Waals surface area contributed by atoms with Crippen LogP contribution in [-0.4, -0.2) is 35.6 Å². The third-order valence-electron chi connectivity index (χ3n) is 4.17. The second-order valence-electron chi connectivity index (χ2n) is 5.99. The molecular formula is C18H21NO2S. The third-order valence-corrected chi connectivity index (χ3v) is 5.37. The fourth-order valence-electron chi connectivity index (χ4n) is 2.85. The van der Waals surface area contributed by atoms with Crippen molar-refractivity contribution in [2.45, 2.75) is 32.3 Å². The first-order valence-corrected chi connectivity index (χ1v) is 8.52. The quantitative estimate of drug-likeness (QED) is 0.940. The Morgan fingerprint density at radius 1 is 1.32 bits per heavy atom. The number of benzene rings is 1. The van der Waals surface area contributed by atoms with Gasteiger partial charge in [0.15, 0.2) is 0 Å². The lowest BCUT2D eigenvalue weighted by Crippen LogP contribution is -2.28. The number of nitrogens with zero attached hydrogens (tertiary/aromatic N) is 1. The lowest BCUT2D eigenvalue weighted by Gasteiger charge is -2.16. The van der Waals surface area contributed by atoms with Gasteiger partial charge in [-0.2, -0.15) is 0 Å². The largest absolute Gasteiger partial charge is 0.393 e. The molecule has 1 N–H and O–H groups in total. The van der Waals surface area contributed by atoms with E-state index in [0.717, 1.165) is 17.7 Å². The molecule has 1 atom stereocenters. The van der Waals surface area contributed by atoms with Crippen molar-refractivity contribution in [3.63, 3.8) is 0 Å². The van der Waals surface area contributed by atoms with E-state index in [9.17, 15) is 9.90 Å². The molecule has 0 aliphatic heterocycles. The van der Waals surface area contributed by atoms with Gasteiger partial charge < -0.3 is 10.0 Å². The second kappa shape index (κ2) is 6.23. The summed E-state index contributed by atoms with van der Waals surface area (Å²) < 4.78 is 0. The molecule has 0 fully saturated rings. The van der Waals surface area contributed by atoms with Gasteiger partial charge in [-0.3, -0.25) is 4.79 Å². The zero-order chi connectivity index (χ0) is 15.7. The Hall–Kier alpha value is -1.65. The summed E-state index contributed by atoms with van der Waals surface area (Å²) in [5.74, 6) is 0.0533. The number of hydrogen-bond acceptors (Lipinski definition) is 3. The number of rotatable bonds is 4. The third kappa shape index (κ3) is 2.94. The van der Waals surface area contributed by atoms with Gasteiger partial charge in [0, 0.05) is 18.5 Å². The van der Waals surface area contributed by atoms with Gasteiger partial charge in [-0.25, -0.2) is 0 Å². The van der Waals surface area contributed by atoms with E-state index in [-0.39, 0.29) is 12.0 Å². The van der Waals surface area contributed by atoms with Crippen LogP contribution in [0.3, 0.4) is 0 Å². The van der Waals surface area contributed by atoms with Gasteiger partial charge >= 0.3 is 0 Å². The number of carbonyl (C=O) groups excluding carboxylic acids is 1. The molecule has 0 spiro atoms. The summed E-state index contributed by atoms with van der Waals surface area (Å²) in [5, 5.41) is 9.36. The van der Waals surface area contributed by atoms with Crippen LogP contribution in [0.1, 0.15) is 34.1 Å². The molecule has 4 heteroatoms. The monoisotopic (exact) mass is 315 g/mol. The Morgan fingerprint density at radius 3 is 2.82 bits per heavy atom. The van der Waals surface area contributed by atoms with Gasteiger partial charge in [-0.15, -0.1) is 11.3 Å². The second-order valence-corrected chi connectivity index (χ2v) is 7.04. The van der Waals surface area contributed by atoms with E-state index in [1.54, 1.807) is 30.2 Å². The maximum atomic E-state index is 12.5. The van der Waals surface area contributed by atoms with Crippen LogP contribution in [0.2, 0.25) is 0 Å². The Morgan fingerprint density at radius 2 is 2.05 bits per heavy atom. The van der Waals surface area contributed by atoms with Crippen LogP contribution in [0.4, 0.5) is 0 Å². The zero-order valence-electron chi connectivity index (χ0n) is 13.0. The van der Waals surface area contributed by atoms with Crippen LogP contribution < -0.4 is 0 Å². The van der Waals surface area contributed by atoms with Crippen molar-refractivity contribution in [1.82, 2.24) is 4.90 Å². The maximum Gasteiger partial charge on any atom is 0.263 e. The molecule has 3 rings (SSSR count). The van der Waals surface area contributed by atoms with Crippen LogP contribution in [0.25, 0.3) is 10.4 Å². The summed E-state index contributed by atoms with van der Waals surface area (Å²) in [6.45, 7) is 2.33. The van der Waals surface area contributed by atoms with Gasteiger partial charge in [0.2, 0.25) is 0 Å². The molecule has 0 saturated carbocycles. The Labute approximate surface area is 135 Å². The lowest BCUT2D eigenvalue weighted by atomic mass is 9.91. The van der Waals surface area contributed by atoms with Gasteiger partial charge in [0.1, 0.15) is 0 Å². The number of aryl methyl sites for hydroxylation is 2. The number of amides is 1. The Balaban J connectivity index is 1.84. The van der Waals surface area contributed by atoms with Crippen molar-refractivity contribution < 1.29 is 9.90 Å². The highest BCUT2D eigenvalue weighted by molar-refractivity contribution is 7.17. The number of carbonyl (C=O) groups is 1.